The number of nitrogens with one attached hydrogen (secondary N) is 1. The molecule has 2 atom stereocenters. The molecule has 1 aromatic rings. The van der Waals surface area contributed by atoms with Gasteiger partial charge in [-0.3, -0.25) is 9.59 Å². The monoisotopic (exact) mass is 307 g/mol. The highest BCUT2D eigenvalue weighted by atomic mass is 16.5. The summed E-state index contributed by atoms with van der Waals surface area (Å²) in [5.74, 6) is -0.300. The first kappa shape index (κ1) is 15.0. The van der Waals surface area contributed by atoms with Crippen LogP contribution in [0.5, 0.6) is 0 Å². The van der Waals surface area contributed by atoms with Gasteiger partial charge in [0.2, 0.25) is 11.8 Å². The molecule has 2 aliphatic rings. The molecule has 2 aliphatic heterocycles. The molecule has 0 aromatic carbocycles. The first-order valence-electron chi connectivity index (χ1n) is 7.62. The van der Waals surface area contributed by atoms with Gasteiger partial charge >= 0.3 is 0 Å². The number of ether oxygens (including phenoxy) is 1. The van der Waals surface area contributed by atoms with E-state index in [4.69, 9.17) is 4.74 Å². The number of nitrogens with zero attached hydrogens (tertiary/aromatic N) is 4. The van der Waals surface area contributed by atoms with E-state index in [-0.39, 0.29) is 36.4 Å². The van der Waals surface area contributed by atoms with E-state index >= 15 is 0 Å². The number of carbonyl (C=O) groups excluding carboxylic acids is 2. The van der Waals surface area contributed by atoms with Crippen molar-refractivity contribution in [3.8, 4) is 0 Å². The summed E-state index contributed by atoms with van der Waals surface area (Å²) in [7, 11) is 0. The summed E-state index contributed by atoms with van der Waals surface area (Å²) in [6.07, 6.45) is 2.54. The van der Waals surface area contributed by atoms with Crippen LogP contribution in [0.2, 0.25) is 0 Å². The zero-order chi connectivity index (χ0) is 15.7. The SMILES string of the molecule is CC(C)C(=O)NCC(=O)N1CC[C@H]2OCc3cnnn3[C@H]2C1. The second kappa shape index (κ2) is 6.04. The van der Waals surface area contributed by atoms with Crippen LogP contribution < -0.4 is 5.32 Å². The Kier molecular flexibility index (Phi) is 4.10. The van der Waals surface area contributed by atoms with E-state index in [1.807, 2.05) is 4.68 Å². The summed E-state index contributed by atoms with van der Waals surface area (Å²) >= 11 is 0. The van der Waals surface area contributed by atoms with Crippen molar-refractivity contribution >= 4 is 11.8 Å². The van der Waals surface area contributed by atoms with E-state index in [1.165, 1.54) is 0 Å². The van der Waals surface area contributed by atoms with Crippen LogP contribution in [0.15, 0.2) is 6.20 Å². The van der Waals surface area contributed by atoms with Crippen LogP contribution in [-0.4, -0.2) is 57.4 Å². The Morgan fingerprint density at radius 1 is 1.50 bits per heavy atom. The van der Waals surface area contributed by atoms with Crippen molar-refractivity contribution in [3.05, 3.63) is 11.9 Å². The van der Waals surface area contributed by atoms with Gasteiger partial charge in [0.25, 0.3) is 0 Å². The molecule has 120 valence electrons. The van der Waals surface area contributed by atoms with Gasteiger partial charge in [-0.2, -0.15) is 0 Å². The first-order chi connectivity index (χ1) is 10.6. The molecule has 0 spiro atoms. The van der Waals surface area contributed by atoms with E-state index in [9.17, 15) is 9.59 Å². The summed E-state index contributed by atoms with van der Waals surface area (Å²) < 4.78 is 7.68. The van der Waals surface area contributed by atoms with Gasteiger partial charge in [0.15, 0.2) is 0 Å². The lowest BCUT2D eigenvalue weighted by atomic mass is 10.0. The van der Waals surface area contributed by atoms with Crippen molar-refractivity contribution in [1.82, 2.24) is 25.2 Å². The zero-order valence-electron chi connectivity index (χ0n) is 12.9. The van der Waals surface area contributed by atoms with Gasteiger partial charge in [0.1, 0.15) is 0 Å². The van der Waals surface area contributed by atoms with Crippen molar-refractivity contribution in [2.24, 2.45) is 5.92 Å². The minimum Gasteiger partial charge on any atom is -0.370 e. The van der Waals surface area contributed by atoms with Gasteiger partial charge in [0.05, 0.1) is 37.2 Å². The lowest BCUT2D eigenvalue weighted by molar-refractivity contribution is -0.139. The number of carbonyl (C=O) groups is 2. The van der Waals surface area contributed by atoms with Gasteiger partial charge in [0, 0.05) is 19.0 Å². The molecule has 8 nitrogen and oxygen atoms in total. The Hall–Kier alpha value is -1.96. The number of piperidine rings is 1. The van der Waals surface area contributed by atoms with Crippen LogP contribution in [-0.2, 0) is 20.9 Å². The van der Waals surface area contributed by atoms with Crippen LogP contribution in [0.4, 0.5) is 0 Å². The lowest BCUT2D eigenvalue weighted by Crippen LogP contribution is -2.52. The first-order valence-corrected chi connectivity index (χ1v) is 7.62. The van der Waals surface area contributed by atoms with Crippen LogP contribution in [0.1, 0.15) is 32.0 Å². The fraction of sp³-hybridized carbons (Fsp3) is 0.714. The van der Waals surface area contributed by atoms with Crippen molar-refractivity contribution in [3.63, 3.8) is 0 Å². The summed E-state index contributed by atoms with van der Waals surface area (Å²) in [4.78, 5) is 25.6. The van der Waals surface area contributed by atoms with Crippen LogP contribution in [0.25, 0.3) is 0 Å². The molecule has 2 amide bonds. The quantitative estimate of drug-likeness (QED) is 0.830. The fourth-order valence-electron chi connectivity index (χ4n) is 2.88. The minimum atomic E-state index is -0.122. The minimum absolute atomic E-state index is 0.00440. The molecular weight excluding hydrogens is 286 g/mol. The van der Waals surface area contributed by atoms with Crippen LogP contribution in [0.3, 0.4) is 0 Å². The third-order valence-electron chi connectivity index (χ3n) is 4.22. The molecule has 1 fully saturated rings. The predicted octanol–water partition coefficient (Wildman–Crippen LogP) is -0.277. The normalized spacial score (nSPS) is 23.9. The number of hydrogen-bond donors (Lipinski definition) is 1. The molecule has 8 heteroatoms. The maximum absolute atomic E-state index is 12.3. The smallest absolute Gasteiger partial charge is 0.242 e. The molecule has 0 aliphatic carbocycles. The van der Waals surface area contributed by atoms with Crippen molar-refractivity contribution in [2.45, 2.75) is 39.0 Å². The molecule has 1 N–H and O–H groups in total. The summed E-state index contributed by atoms with van der Waals surface area (Å²) in [5, 5.41) is 10.7. The summed E-state index contributed by atoms with van der Waals surface area (Å²) in [6, 6.07) is 0.00440. The van der Waals surface area contributed by atoms with Crippen LogP contribution >= 0.6 is 0 Å². The maximum Gasteiger partial charge on any atom is 0.242 e. The van der Waals surface area contributed by atoms with Crippen LogP contribution in [0, 0.1) is 5.92 Å². The molecule has 3 rings (SSSR count). The zero-order valence-corrected chi connectivity index (χ0v) is 12.9. The van der Waals surface area contributed by atoms with Gasteiger partial charge in [-0.1, -0.05) is 19.1 Å². The Bertz CT molecular complexity index is 571. The van der Waals surface area contributed by atoms with E-state index in [0.29, 0.717) is 19.7 Å². The number of hydrogen-bond acceptors (Lipinski definition) is 5. The topological polar surface area (TPSA) is 89.3 Å². The molecule has 0 bridgehead atoms. The molecule has 3 heterocycles. The van der Waals surface area contributed by atoms with Gasteiger partial charge < -0.3 is 15.0 Å². The second-order valence-electron chi connectivity index (χ2n) is 6.09. The van der Waals surface area contributed by atoms with E-state index in [2.05, 4.69) is 15.6 Å². The third-order valence-corrected chi connectivity index (χ3v) is 4.22. The fourth-order valence-corrected chi connectivity index (χ4v) is 2.88. The van der Waals surface area contributed by atoms with Crippen molar-refractivity contribution in [2.75, 3.05) is 19.6 Å². The van der Waals surface area contributed by atoms with Gasteiger partial charge in [-0.25, -0.2) is 4.68 Å². The molecule has 0 saturated carbocycles. The number of likely N-dealkylation sites (tertiary alicyclic amines) is 1. The van der Waals surface area contributed by atoms with Gasteiger partial charge in [-0.15, -0.1) is 5.10 Å². The highest BCUT2D eigenvalue weighted by molar-refractivity contribution is 5.85. The molecule has 1 aromatic heterocycles. The largest absolute Gasteiger partial charge is 0.370 e. The standard InChI is InChI=1S/C14H21N5O3/c1-9(2)14(21)15-6-13(20)18-4-3-12-11(7-18)19-10(8-22-12)5-16-17-19/h5,9,11-12H,3-4,6-8H2,1-2H3,(H,15,21)/t11-,12+/m0/s1. The second-order valence-corrected chi connectivity index (χ2v) is 6.09. The number of amides is 2. The highest BCUT2D eigenvalue weighted by Crippen LogP contribution is 2.29. The van der Waals surface area contributed by atoms with Crippen molar-refractivity contribution < 1.29 is 14.3 Å². The number of fused-ring (bicyclic) bond motifs is 3. The number of aromatic nitrogens is 3. The molecule has 22 heavy (non-hydrogen) atoms. The Labute approximate surface area is 128 Å². The average molecular weight is 307 g/mol. The molecular formula is C14H21N5O3. The summed E-state index contributed by atoms with van der Waals surface area (Å²) in [5.41, 5.74) is 0.934. The Morgan fingerprint density at radius 2 is 2.32 bits per heavy atom. The number of rotatable bonds is 3. The lowest BCUT2D eigenvalue weighted by Gasteiger charge is -2.41. The third kappa shape index (κ3) is 2.83. The van der Waals surface area contributed by atoms with Gasteiger partial charge in [-0.05, 0) is 6.42 Å². The average Bonchev–Trinajstić information content (AvgIpc) is 3.00. The molecule has 0 radical (unpaired) electrons. The molecule has 1 saturated heterocycles. The maximum atomic E-state index is 12.3. The molecule has 0 unspecified atom stereocenters. The van der Waals surface area contributed by atoms with Crippen molar-refractivity contribution in [1.29, 1.82) is 0 Å². The predicted molar refractivity (Wildman–Crippen MR) is 76.7 cm³/mol. The Balaban J connectivity index is 1.61. The Morgan fingerprint density at radius 3 is 3.09 bits per heavy atom. The summed E-state index contributed by atoms with van der Waals surface area (Å²) in [6.45, 7) is 5.35. The van der Waals surface area contributed by atoms with E-state index in [0.717, 1.165) is 12.1 Å². The van der Waals surface area contributed by atoms with E-state index < -0.39 is 0 Å². The highest BCUT2D eigenvalue weighted by Gasteiger charge is 2.37. The van der Waals surface area contributed by atoms with E-state index in [1.54, 1.807) is 24.9 Å².